The minimum absolute atomic E-state index is 0.449. The van der Waals surface area contributed by atoms with Gasteiger partial charge in [0, 0.05) is 11.1 Å². The van der Waals surface area contributed by atoms with Crippen molar-refractivity contribution in [3.05, 3.63) is 58.7 Å². The van der Waals surface area contributed by atoms with E-state index in [0.29, 0.717) is 11.5 Å². The second-order valence-electron chi connectivity index (χ2n) is 7.02. The van der Waals surface area contributed by atoms with Gasteiger partial charge >= 0.3 is 0 Å². The van der Waals surface area contributed by atoms with Crippen LogP contribution in [0.25, 0.3) is 0 Å². The van der Waals surface area contributed by atoms with Crippen LogP contribution in [0.15, 0.2) is 36.4 Å². The topological polar surface area (TPSA) is 49.3 Å². The van der Waals surface area contributed by atoms with Crippen LogP contribution in [0, 0.1) is 13.8 Å². The summed E-state index contributed by atoms with van der Waals surface area (Å²) in [5.74, 6) is 0.897. The van der Waals surface area contributed by atoms with Crippen molar-refractivity contribution in [2.24, 2.45) is 0 Å². The van der Waals surface area contributed by atoms with Crippen LogP contribution in [0.4, 0.5) is 0 Å². The van der Waals surface area contributed by atoms with Crippen molar-refractivity contribution in [3.8, 4) is 11.5 Å². The molecule has 0 radical (unpaired) electrons. The van der Waals surface area contributed by atoms with Gasteiger partial charge in [0.05, 0.1) is 0 Å². The third-order valence-electron chi connectivity index (χ3n) is 5.19. The van der Waals surface area contributed by atoms with Crippen LogP contribution >= 0.6 is 0 Å². The number of aryl methyl sites for hydroxylation is 2. The number of hydrogen-bond acceptors (Lipinski definition) is 2. The van der Waals surface area contributed by atoms with Gasteiger partial charge in [-0.05, 0) is 37.1 Å². The standard InChI is InChI=1S/C20H26N2O2/c1-15-5-3-7-17(19(15)23)13-21-9-11-22(12-10-21)14-18-8-4-6-16(2)20(18)24/h3-8,23-24H,9-14H2,1-2H3/p+2. The second kappa shape index (κ2) is 7.24. The maximum absolute atomic E-state index is 10.2. The SMILES string of the molecule is Cc1cccc(C[NH+]2CC[NH+](Cc3cccc(C)c3O)CC2)c1O. The van der Waals surface area contributed by atoms with E-state index in [0.717, 1.165) is 61.5 Å². The number of quaternary nitrogens is 2. The molecule has 0 amide bonds. The normalized spacial score (nSPS) is 20.9. The van der Waals surface area contributed by atoms with Crippen molar-refractivity contribution in [1.29, 1.82) is 0 Å². The molecule has 3 rings (SSSR count). The van der Waals surface area contributed by atoms with Crippen LogP contribution in [0.2, 0.25) is 0 Å². The van der Waals surface area contributed by atoms with Gasteiger partial charge in [-0.3, -0.25) is 0 Å². The average Bonchev–Trinajstić information content (AvgIpc) is 2.58. The Hall–Kier alpha value is -2.04. The van der Waals surface area contributed by atoms with Crippen molar-refractivity contribution >= 4 is 0 Å². The zero-order valence-electron chi connectivity index (χ0n) is 14.6. The van der Waals surface area contributed by atoms with Crippen LogP contribution in [-0.2, 0) is 13.1 Å². The van der Waals surface area contributed by atoms with Crippen LogP contribution < -0.4 is 9.80 Å². The van der Waals surface area contributed by atoms with Crippen molar-refractivity contribution in [2.75, 3.05) is 26.2 Å². The van der Waals surface area contributed by atoms with Gasteiger partial charge in [-0.25, -0.2) is 0 Å². The second-order valence-corrected chi connectivity index (χ2v) is 7.02. The Balaban J connectivity index is 1.56. The summed E-state index contributed by atoms with van der Waals surface area (Å²) in [7, 11) is 0. The highest BCUT2D eigenvalue weighted by molar-refractivity contribution is 5.39. The minimum atomic E-state index is 0.449. The molecule has 1 fully saturated rings. The molecule has 1 aliphatic rings. The van der Waals surface area contributed by atoms with Crippen molar-refractivity contribution in [2.45, 2.75) is 26.9 Å². The molecule has 4 heteroatoms. The van der Waals surface area contributed by atoms with E-state index < -0.39 is 0 Å². The number of phenols is 2. The van der Waals surface area contributed by atoms with Gasteiger partial charge in [0.15, 0.2) is 0 Å². The fraction of sp³-hybridized carbons (Fsp3) is 0.400. The number of phenolic OH excluding ortho intramolecular Hbond substituents is 2. The highest BCUT2D eigenvalue weighted by Gasteiger charge is 2.24. The van der Waals surface area contributed by atoms with Crippen LogP contribution in [-0.4, -0.2) is 36.4 Å². The Bertz CT molecular complexity index is 645. The van der Waals surface area contributed by atoms with Gasteiger partial charge in [0.1, 0.15) is 50.8 Å². The fourth-order valence-corrected chi connectivity index (χ4v) is 3.57. The number of piperazine rings is 1. The van der Waals surface area contributed by atoms with E-state index in [1.165, 1.54) is 9.80 Å². The summed E-state index contributed by atoms with van der Waals surface area (Å²) < 4.78 is 0. The highest BCUT2D eigenvalue weighted by atomic mass is 16.3. The molecule has 1 heterocycles. The summed E-state index contributed by atoms with van der Waals surface area (Å²) >= 11 is 0. The first-order chi connectivity index (χ1) is 11.5. The zero-order chi connectivity index (χ0) is 17.1. The highest BCUT2D eigenvalue weighted by Crippen LogP contribution is 2.21. The number of para-hydroxylation sites is 2. The summed E-state index contributed by atoms with van der Waals surface area (Å²) in [6.45, 7) is 10.0. The van der Waals surface area contributed by atoms with E-state index in [2.05, 4.69) is 0 Å². The first kappa shape index (κ1) is 16.8. The molecule has 2 aromatic carbocycles. The summed E-state index contributed by atoms with van der Waals surface area (Å²) in [6, 6.07) is 12.0. The van der Waals surface area contributed by atoms with Crippen LogP contribution in [0.1, 0.15) is 22.3 Å². The molecule has 0 saturated carbocycles. The Labute approximate surface area is 144 Å². The number of benzene rings is 2. The fourth-order valence-electron chi connectivity index (χ4n) is 3.57. The van der Waals surface area contributed by atoms with Gasteiger partial charge in [-0.15, -0.1) is 0 Å². The maximum atomic E-state index is 10.2. The summed E-state index contributed by atoms with van der Waals surface area (Å²) in [5.41, 5.74) is 3.99. The predicted octanol–water partition coefficient (Wildman–Crippen LogP) is 0.198. The monoisotopic (exact) mass is 328 g/mol. The minimum Gasteiger partial charge on any atom is -0.507 e. The van der Waals surface area contributed by atoms with Crippen LogP contribution in [0.5, 0.6) is 11.5 Å². The Morgan fingerprint density at radius 2 is 1.08 bits per heavy atom. The molecule has 0 bridgehead atoms. The summed E-state index contributed by atoms with van der Waals surface area (Å²) in [5, 5.41) is 20.4. The number of aromatic hydroxyl groups is 2. The molecule has 0 unspecified atom stereocenters. The third kappa shape index (κ3) is 3.71. The van der Waals surface area contributed by atoms with E-state index in [4.69, 9.17) is 0 Å². The molecule has 0 aromatic heterocycles. The molecule has 4 N–H and O–H groups in total. The van der Waals surface area contributed by atoms with Gasteiger partial charge in [-0.2, -0.15) is 0 Å². The van der Waals surface area contributed by atoms with Crippen LogP contribution in [0.3, 0.4) is 0 Å². The van der Waals surface area contributed by atoms with E-state index in [1.807, 2.05) is 50.2 Å². The molecular formula is C20H28N2O2+2. The molecule has 1 aliphatic heterocycles. The average molecular weight is 328 g/mol. The molecule has 4 nitrogen and oxygen atoms in total. The molecule has 2 aromatic rings. The van der Waals surface area contributed by atoms with Crippen molar-refractivity contribution in [1.82, 2.24) is 0 Å². The lowest BCUT2D eigenvalue weighted by atomic mass is 10.1. The first-order valence-corrected chi connectivity index (χ1v) is 8.76. The van der Waals surface area contributed by atoms with E-state index in [-0.39, 0.29) is 0 Å². The third-order valence-corrected chi connectivity index (χ3v) is 5.19. The molecule has 0 atom stereocenters. The first-order valence-electron chi connectivity index (χ1n) is 8.76. The van der Waals surface area contributed by atoms with E-state index in [1.54, 1.807) is 0 Å². The van der Waals surface area contributed by atoms with Gasteiger partial charge < -0.3 is 20.0 Å². The lowest BCUT2D eigenvalue weighted by Crippen LogP contribution is -3.27. The quantitative estimate of drug-likeness (QED) is 0.648. The van der Waals surface area contributed by atoms with E-state index >= 15 is 0 Å². The predicted molar refractivity (Wildman–Crippen MR) is 94.5 cm³/mol. The lowest BCUT2D eigenvalue weighted by molar-refractivity contribution is -1.02. The van der Waals surface area contributed by atoms with E-state index in [9.17, 15) is 10.2 Å². The zero-order valence-corrected chi connectivity index (χ0v) is 14.6. The van der Waals surface area contributed by atoms with Gasteiger partial charge in [0.2, 0.25) is 0 Å². The molecule has 128 valence electrons. The van der Waals surface area contributed by atoms with Gasteiger partial charge in [-0.1, -0.05) is 24.3 Å². The summed E-state index contributed by atoms with van der Waals surface area (Å²) in [6.07, 6.45) is 0. The molecule has 0 aliphatic carbocycles. The Kier molecular flexibility index (Phi) is 5.07. The molecular weight excluding hydrogens is 300 g/mol. The smallest absolute Gasteiger partial charge is 0.127 e. The Morgan fingerprint density at radius 1 is 0.708 bits per heavy atom. The summed E-state index contributed by atoms with van der Waals surface area (Å²) in [4.78, 5) is 3.04. The molecule has 24 heavy (non-hydrogen) atoms. The number of nitrogens with one attached hydrogen (secondary N) is 2. The molecule has 1 saturated heterocycles. The number of rotatable bonds is 4. The Morgan fingerprint density at radius 3 is 1.46 bits per heavy atom. The lowest BCUT2D eigenvalue weighted by Gasteiger charge is -2.30. The van der Waals surface area contributed by atoms with Crippen molar-refractivity contribution < 1.29 is 20.0 Å². The maximum Gasteiger partial charge on any atom is 0.127 e. The molecule has 0 spiro atoms. The van der Waals surface area contributed by atoms with Gasteiger partial charge in [0.25, 0.3) is 0 Å². The number of hydrogen-bond donors (Lipinski definition) is 4. The van der Waals surface area contributed by atoms with Crippen molar-refractivity contribution in [3.63, 3.8) is 0 Å². The largest absolute Gasteiger partial charge is 0.507 e.